The smallest absolute Gasteiger partial charge is 0.235 e. The van der Waals surface area contributed by atoms with E-state index in [0.29, 0.717) is 6.54 Å². The van der Waals surface area contributed by atoms with Crippen molar-refractivity contribution in [2.24, 2.45) is 0 Å². The van der Waals surface area contributed by atoms with Gasteiger partial charge in [-0.05, 0) is 6.07 Å². The zero-order valence-corrected chi connectivity index (χ0v) is 9.94. The van der Waals surface area contributed by atoms with E-state index in [1.807, 2.05) is 29.7 Å². The number of benzene rings is 1. The number of aryl methyl sites for hydroxylation is 1. The molecule has 0 aliphatic carbocycles. The van der Waals surface area contributed by atoms with Gasteiger partial charge in [0.25, 0.3) is 0 Å². The molecule has 2 nitrogen and oxygen atoms in total. The minimum absolute atomic E-state index is 0.0494. The summed E-state index contributed by atoms with van der Waals surface area (Å²) < 4.78 is 3.22. The Kier molecular flexibility index (Phi) is 3.03. The predicted molar refractivity (Wildman–Crippen MR) is 62.5 cm³/mol. The SMILES string of the molecule is Cc1sc2ccccc2[n+]1CC(=O)CCl. The van der Waals surface area contributed by atoms with Gasteiger partial charge in [0.15, 0.2) is 0 Å². The third kappa shape index (κ3) is 2.03. The molecule has 0 aliphatic heterocycles. The Hall–Kier alpha value is -0.930. The lowest BCUT2D eigenvalue weighted by Gasteiger charge is -1.93. The maximum atomic E-state index is 11.3. The van der Waals surface area contributed by atoms with Crippen molar-refractivity contribution in [2.75, 3.05) is 5.88 Å². The molecule has 1 aromatic carbocycles. The first-order valence-electron chi connectivity index (χ1n) is 4.68. The highest BCUT2D eigenvalue weighted by Crippen LogP contribution is 2.18. The Balaban J connectivity index is 2.49. The normalized spacial score (nSPS) is 10.8. The van der Waals surface area contributed by atoms with Gasteiger partial charge in [-0.3, -0.25) is 4.79 Å². The van der Waals surface area contributed by atoms with Crippen LogP contribution in [0.5, 0.6) is 0 Å². The van der Waals surface area contributed by atoms with Crippen LogP contribution in [0.2, 0.25) is 0 Å². The molecule has 0 saturated carbocycles. The Labute approximate surface area is 97.1 Å². The minimum Gasteiger partial charge on any atom is -0.291 e. The third-order valence-corrected chi connectivity index (χ3v) is 3.66. The average molecular weight is 241 g/mol. The van der Waals surface area contributed by atoms with E-state index in [-0.39, 0.29) is 11.7 Å². The lowest BCUT2D eigenvalue weighted by molar-refractivity contribution is -0.659. The molecule has 0 aliphatic rings. The number of fused-ring (bicyclic) bond motifs is 1. The first-order chi connectivity index (χ1) is 7.22. The van der Waals surface area contributed by atoms with Gasteiger partial charge >= 0.3 is 0 Å². The van der Waals surface area contributed by atoms with Crippen molar-refractivity contribution in [3.63, 3.8) is 0 Å². The molecule has 0 bridgehead atoms. The number of thiazole rings is 1. The van der Waals surface area contributed by atoms with Crippen LogP contribution in [0.3, 0.4) is 0 Å². The second-order valence-corrected chi connectivity index (χ2v) is 4.85. The summed E-state index contributed by atoms with van der Waals surface area (Å²) in [5, 5.41) is 1.13. The van der Waals surface area contributed by atoms with E-state index in [2.05, 4.69) is 6.07 Å². The number of hydrogen-bond donors (Lipinski definition) is 0. The molecule has 78 valence electrons. The van der Waals surface area contributed by atoms with E-state index in [1.54, 1.807) is 11.3 Å². The number of carbonyl (C=O) groups is 1. The number of Topliss-reactive ketones (excluding diaryl/α,β-unsaturated/α-hetero) is 1. The average Bonchev–Trinajstić information content (AvgIpc) is 2.55. The van der Waals surface area contributed by atoms with Crippen molar-refractivity contribution < 1.29 is 9.36 Å². The summed E-state index contributed by atoms with van der Waals surface area (Å²) in [6.07, 6.45) is 0. The zero-order valence-electron chi connectivity index (χ0n) is 8.37. The van der Waals surface area contributed by atoms with E-state index in [4.69, 9.17) is 11.6 Å². The quantitative estimate of drug-likeness (QED) is 0.596. The highest BCUT2D eigenvalue weighted by molar-refractivity contribution is 7.18. The van der Waals surface area contributed by atoms with Crippen LogP contribution in [-0.4, -0.2) is 11.7 Å². The van der Waals surface area contributed by atoms with Gasteiger partial charge in [-0.1, -0.05) is 23.5 Å². The van der Waals surface area contributed by atoms with E-state index in [0.717, 1.165) is 10.5 Å². The third-order valence-electron chi connectivity index (χ3n) is 2.28. The fraction of sp³-hybridized carbons (Fsp3) is 0.273. The molecule has 0 N–H and O–H groups in total. The van der Waals surface area contributed by atoms with Crippen LogP contribution in [0, 0.1) is 6.92 Å². The molecule has 1 aromatic heterocycles. The largest absolute Gasteiger partial charge is 0.291 e. The summed E-state index contributed by atoms with van der Waals surface area (Å²) in [4.78, 5) is 11.3. The summed E-state index contributed by atoms with van der Waals surface area (Å²) in [6, 6.07) is 8.08. The van der Waals surface area contributed by atoms with Gasteiger partial charge in [0.05, 0.1) is 5.88 Å². The van der Waals surface area contributed by atoms with Crippen LogP contribution in [0.15, 0.2) is 24.3 Å². The predicted octanol–water partition coefficient (Wildman–Crippen LogP) is 2.31. The van der Waals surface area contributed by atoms with Crippen molar-refractivity contribution in [3.05, 3.63) is 29.3 Å². The van der Waals surface area contributed by atoms with Crippen LogP contribution >= 0.6 is 22.9 Å². The van der Waals surface area contributed by atoms with Gasteiger partial charge < -0.3 is 0 Å². The monoisotopic (exact) mass is 240 g/mol. The van der Waals surface area contributed by atoms with Crippen LogP contribution in [0.25, 0.3) is 10.2 Å². The van der Waals surface area contributed by atoms with Gasteiger partial charge in [0, 0.05) is 13.0 Å². The Morgan fingerprint density at radius 2 is 2.20 bits per heavy atom. The first-order valence-corrected chi connectivity index (χ1v) is 6.03. The summed E-state index contributed by atoms with van der Waals surface area (Å²) in [7, 11) is 0. The number of carbonyl (C=O) groups excluding carboxylic acids is 1. The molecular formula is C11H11ClNOS+. The molecular weight excluding hydrogens is 230 g/mol. The second kappa shape index (κ2) is 4.29. The number of para-hydroxylation sites is 1. The maximum absolute atomic E-state index is 11.3. The first kappa shape index (κ1) is 10.6. The van der Waals surface area contributed by atoms with Gasteiger partial charge in [0.1, 0.15) is 4.70 Å². The molecule has 15 heavy (non-hydrogen) atoms. The number of alkyl halides is 1. The van der Waals surface area contributed by atoms with Crippen molar-refractivity contribution in [2.45, 2.75) is 13.5 Å². The summed E-state index contributed by atoms with van der Waals surface area (Å²) in [5.41, 5.74) is 1.11. The number of halogens is 1. The molecule has 0 radical (unpaired) electrons. The molecule has 2 aromatic rings. The number of nitrogens with zero attached hydrogens (tertiary/aromatic N) is 1. The Bertz CT molecular complexity index is 506. The lowest BCUT2D eigenvalue weighted by atomic mass is 10.3. The fourth-order valence-corrected chi connectivity index (χ4v) is 2.67. The van der Waals surface area contributed by atoms with Crippen molar-refractivity contribution in [3.8, 4) is 0 Å². The van der Waals surface area contributed by atoms with Crippen molar-refractivity contribution >= 4 is 38.9 Å². The molecule has 0 atom stereocenters. The van der Waals surface area contributed by atoms with E-state index >= 15 is 0 Å². The second-order valence-electron chi connectivity index (χ2n) is 3.35. The number of ketones is 1. The topological polar surface area (TPSA) is 20.9 Å². The highest BCUT2D eigenvalue weighted by atomic mass is 35.5. The molecule has 2 rings (SSSR count). The number of hydrogen-bond acceptors (Lipinski definition) is 2. The molecule has 4 heteroatoms. The molecule has 0 saturated heterocycles. The summed E-state index contributed by atoms with van der Waals surface area (Å²) in [5.74, 6) is 0.129. The Morgan fingerprint density at radius 3 is 2.93 bits per heavy atom. The molecule has 0 unspecified atom stereocenters. The number of aromatic nitrogens is 1. The van der Waals surface area contributed by atoms with E-state index in [9.17, 15) is 4.79 Å². The van der Waals surface area contributed by atoms with Crippen molar-refractivity contribution in [1.82, 2.24) is 0 Å². The van der Waals surface area contributed by atoms with Gasteiger partial charge in [0.2, 0.25) is 22.9 Å². The van der Waals surface area contributed by atoms with E-state index in [1.165, 1.54) is 4.70 Å². The van der Waals surface area contributed by atoms with Crippen LogP contribution in [0.1, 0.15) is 5.01 Å². The van der Waals surface area contributed by atoms with Gasteiger partial charge in [-0.2, -0.15) is 4.57 Å². The van der Waals surface area contributed by atoms with E-state index < -0.39 is 0 Å². The van der Waals surface area contributed by atoms with Gasteiger partial charge in [-0.15, -0.1) is 11.6 Å². The van der Waals surface area contributed by atoms with Crippen molar-refractivity contribution in [1.29, 1.82) is 0 Å². The fourth-order valence-electron chi connectivity index (χ4n) is 1.57. The molecule has 0 amide bonds. The highest BCUT2D eigenvalue weighted by Gasteiger charge is 2.18. The lowest BCUT2D eigenvalue weighted by Crippen LogP contribution is -2.39. The molecule has 0 spiro atoms. The van der Waals surface area contributed by atoms with Gasteiger partial charge in [-0.25, -0.2) is 0 Å². The zero-order chi connectivity index (χ0) is 10.8. The standard InChI is InChI=1S/C11H11ClNOS/c1-8-13(7-9(14)6-12)10-4-2-3-5-11(10)15-8/h2-5H,6-7H2,1H3/q+1. The maximum Gasteiger partial charge on any atom is 0.235 e. The summed E-state index contributed by atoms with van der Waals surface area (Å²) >= 11 is 7.21. The van der Waals surface area contributed by atoms with Crippen LogP contribution < -0.4 is 4.57 Å². The Morgan fingerprint density at radius 1 is 1.47 bits per heavy atom. The number of rotatable bonds is 3. The van der Waals surface area contributed by atoms with Crippen LogP contribution in [0.4, 0.5) is 0 Å². The summed E-state index contributed by atoms with van der Waals surface area (Å²) in [6.45, 7) is 2.39. The minimum atomic E-state index is 0.0494. The van der Waals surface area contributed by atoms with Crippen LogP contribution in [-0.2, 0) is 11.3 Å². The molecule has 1 heterocycles. The molecule has 0 fully saturated rings.